The van der Waals surface area contributed by atoms with Crippen LogP contribution < -0.4 is 0 Å². The van der Waals surface area contributed by atoms with E-state index in [4.69, 9.17) is 18.8 Å². The molecular weight excluding hydrogens is 1430 g/mol. The minimum Gasteiger partial charge on any atom is -0.436 e. The van der Waals surface area contributed by atoms with Gasteiger partial charge in [-0.25, -0.2) is 9.97 Å². The largest absolute Gasteiger partial charge is 0.436 e. The number of fused-ring (bicyclic) bond motifs is 6. The number of hydrogen-bond donors (Lipinski definition) is 0. The second-order valence-electron chi connectivity index (χ2n) is 30.0. The minimum atomic E-state index is 0.587. The molecule has 0 radical (unpaired) electrons. The normalized spacial score (nSPS) is 11.4. The van der Waals surface area contributed by atoms with Gasteiger partial charge in [0, 0.05) is 22.3 Å². The van der Waals surface area contributed by atoms with Gasteiger partial charge in [-0.05, 0) is 220 Å². The third-order valence-corrected chi connectivity index (χ3v) is 23.1. The van der Waals surface area contributed by atoms with Crippen molar-refractivity contribution < 1.29 is 8.83 Å². The van der Waals surface area contributed by atoms with Crippen LogP contribution in [0.4, 0.5) is 0 Å². The molecule has 0 saturated heterocycles. The molecule has 2 aromatic heterocycles. The molecule has 0 aliphatic heterocycles. The summed E-state index contributed by atoms with van der Waals surface area (Å²) in [5.41, 5.74) is 32.7. The average molecular weight is 1500 g/mol. The lowest BCUT2D eigenvalue weighted by atomic mass is 9.86. The monoisotopic (exact) mass is 1500 g/mol. The maximum Gasteiger partial charge on any atom is 0.227 e. The van der Waals surface area contributed by atoms with Crippen LogP contribution in [-0.4, -0.2) is 9.97 Å². The van der Waals surface area contributed by atoms with E-state index in [1.54, 1.807) is 0 Å². The molecule has 2 heterocycles. The molecular formula is C114H74N2O2. The van der Waals surface area contributed by atoms with Crippen LogP contribution in [-0.2, 0) is 0 Å². The fraction of sp³-hybridized carbons (Fsp3) is 0. The maximum atomic E-state index is 6.98. The fourth-order valence-corrected chi connectivity index (χ4v) is 17.6. The van der Waals surface area contributed by atoms with E-state index >= 15 is 0 Å². The molecule has 0 amide bonds. The second-order valence-corrected chi connectivity index (χ2v) is 30.0. The molecule has 0 atom stereocenters. The number of oxazole rings is 2. The van der Waals surface area contributed by atoms with Crippen LogP contribution in [0.15, 0.2) is 458 Å². The molecule has 22 aromatic rings. The van der Waals surface area contributed by atoms with Gasteiger partial charge in [-0.1, -0.05) is 394 Å². The van der Waals surface area contributed by atoms with Gasteiger partial charge in [-0.15, -0.1) is 0 Å². The van der Waals surface area contributed by atoms with Crippen LogP contribution in [0.5, 0.6) is 0 Å². The zero-order chi connectivity index (χ0) is 78.2. The van der Waals surface area contributed by atoms with Gasteiger partial charge in [0.1, 0.15) is 11.0 Å². The number of hydrogen-bond acceptors (Lipinski definition) is 4. The molecule has 0 spiro atoms. The summed E-state index contributed by atoms with van der Waals surface area (Å²) in [5, 5.41) is 9.87. The van der Waals surface area contributed by atoms with Crippen LogP contribution in [0.1, 0.15) is 0 Å². The zero-order valence-electron chi connectivity index (χ0n) is 64.4. The van der Waals surface area contributed by atoms with E-state index in [9.17, 15) is 0 Å². The third kappa shape index (κ3) is 13.1. The van der Waals surface area contributed by atoms with E-state index in [0.29, 0.717) is 11.8 Å². The quantitative estimate of drug-likeness (QED) is 0.102. The van der Waals surface area contributed by atoms with Crippen molar-refractivity contribution in [1.82, 2.24) is 9.97 Å². The van der Waals surface area contributed by atoms with Crippen molar-refractivity contribution in [2.24, 2.45) is 0 Å². The second kappa shape index (κ2) is 30.7. The van der Waals surface area contributed by atoms with Crippen LogP contribution in [0, 0.1) is 0 Å². The Hall–Kier alpha value is -15.6. The highest BCUT2D eigenvalue weighted by Gasteiger charge is 2.25. The van der Waals surface area contributed by atoms with Crippen molar-refractivity contribution in [1.29, 1.82) is 0 Å². The molecule has 20 aromatic carbocycles. The minimum absolute atomic E-state index is 0.587. The Bertz CT molecular complexity index is 7130. The Morgan fingerprint density at radius 2 is 0.432 bits per heavy atom. The van der Waals surface area contributed by atoms with Gasteiger partial charge >= 0.3 is 0 Å². The van der Waals surface area contributed by atoms with E-state index in [-0.39, 0.29) is 0 Å². The summed E-state index contributed by atoms with van der Waals surface area (Å²) in [7, 11) is 0. The van der Waals surface area contributed by atoms with Gasteiger partial charge in [-0.3, -0.25) is 0 Å². The van der Waals surface area contributed by atoms with E-state index < -0.39 is 0 Å². The Balaban J connectivity index is 0.000000147. The third-order valence-electron chi connectivity index (χ3n) is 23.1. The zero-order valence-corrected chi connectivity index (χ0v) is 64.4. The first kappa shape index (κ1) is 70.3. The van der Waals surface area contributed by atoms with E-state index in [1.165, 1.54) is 98.7 Å². The predicted molar refractivity (Wildman–Crippen MR) is 494 cm³/mol. The number of rotatable bonds is 14. The van der Waals surface area contributed by atoms with Gasteiger partial charge in [0.25, 0.3) is 0 Å². The van der Waals surface area contributed by atoms with Gasteiger partial charge in [-0.2, -0.15) is 0 Å². The van der Waals surface area contributed by atoms with Crippen LogP contribution in [0.2, 0.25) is 0 Å². The summed E-state index contributed by atoms with van der Waals surface area (Å²) in [6.45, 7) is 0. The predicted octanol–water partition coefficient (Wildman–Crippen LogP) is 31.6. The van der Waals surface area contributed by atoms with Crippen LogP contribution >= 0.6 is 0 Å². The van der Waals surface area contributed by atoms with Crippen molar-refractivity contribution in [3.63, 3.8) is 0 Å². The lowest BCUT2D eigenvalue weighted by Crippen LogP contribution is -1.90. The Morgan fingerprint density at radius 3 is 0.822 bits per heavy atom. The van der Waals surface area contributed by atoms with Crippen molar-refractivity contribution in [2.75, 3.05) is 0 Å². The molecule has 552 valence electrons. The topological polar surface area (TPSA) is 52.1 Å². The van der Waals surface area contributed by atoms with E-state index in [0.717, 1.165) is 111 Å². The van der Waals surface area contributed by atoms with Crippen LogP contribution in [0.25, 0.3) is 222 Å². The van der Waals surface area contributed by atoms with Gasteiger partial charge < -0.3 is 8.83 Å². The molecule has 22 rings (SSSR count). The van der Waals surface area contributed by atoms with E-state index in [2.05, 4.69) is 449 Å². The highest BCUT2D eigenvalue weighted by atomic mass is 16.4. The maximum absolute atomic E-state index is 6.98. The first-order chi connectivity index (χ1) is 58.5. The molecule has 4 nitrogen and oxygen atoms in total. The smallest absolute Gasteiger partial charge is 0.227 e. The summed E-state index contributed by atoms with van der Waals surface area (Å²) < 4.78 is 13.6. The molecule has 0 aliphatic carbocycles. The molecule has 0 aliphatic rings. The number of benzene rings is 20. The van der Waals surface area contributed by atoms with Gasteiger partial charge in [0.05, 0.1) is 0 Å². The lowest BCUT2D eigenvalue weighted by molar-refractivity contribution is 0.620. The summed E-state index contributed by atoms with van der Waals surface area (Å²) in [6, 6.07) is 160. The number of aromatic nitrogens is 2. The summed E-state index contributed by atoms with van der Waals surface area (Å²) in [4.78, 5) is 10.5. The Kier molecular flexibility index (Phi) is 18.3. The van der Waals surface area contributed by atoms with Crippen LogP contribution in [0.3, 0.4) is 0 Å². The SMILES string of the molecule is c1ccc(-c2cccc(-c3cc4nc(-c5ccc(-c6c7ccccc7c(-c7ccccc7)c7ccccc67)cc5)oc4cc3-c3cccc(-c4ccccc4)c3)c2)cc1.c1ccc(-c2ccccc2-c2ccc(-c3ccccc3-c3ccccc3)c3oc(-c4ccc(-c5c6ccccc6c(-c6ccccc6)c6ccccc56)cc4)nc23)cc1. The van der Waals surface area contributed by atoms with Crippen molar-refractivity contribution >= 4 is 65.3 Å². The highest BCUT2D eigenvalue weighted by Crippen LogP contribution is 2.49. The molecule has 0 N–H and O–H groups in total. The molecule has 0 saturated carbocycles. The highest BCUT2D eigenvalue weighted by molar-refractivity contribution is 6.23. The fourth-order valence-electron chi connectivity index (χ4n) is 17.6. The number of nitrogens with zero attached hydrogens (tertiary/aromatic N) is 2. The summed E-state index contributed by atoms with van der Waals surface area (Å²) >= 11 is 0. The molecule has 0 unspecified atom stereocenters. The average Bonchev–Trinajstić information content (AvgIpc) is 1.31. The summed E-state index contributed by atoms with van der Waals surface area (Å²) in [5.74, 6) is 1.18. The Morgan fingerprint density at radius 1 is 0.153 bits per heavy atom. The van der Waals surface area contributed by atoms with Crippen molar-refractivity contribution in [3.05, 3.63) is 449 Å². The van der Waals surface area contributed by atoms with Crippen molar-refractivity contribution in [3.8, 4) is 156 Å². The first-order valence-electron chi connectivity index (χ1n) is 40.2. The van der Waals surface area contributed by atoms with Crippen molar-refractivity contribution in [2.45, 2.75) is 0 Å². The molecule has 118 heavy (non-hydrogen) atoms. The first-order valence-corrected chi connectivity index (χ1v) is 40.2. The van der Waals surface area contributed by atoms with Gasteiger partial charge in [0.15, 0.2) is 11.2 Å². The standard InChI is InChI=1S/2C57H37NO/c1-4-18-38(19-5-1)43-24-10-12-26-45(43)51-36-37-52(46-27-13-11-25-44(46)39-20-6-2-7-21-39)56-55(51)58-57(59-56)42-34-32-41(33-35-42)54-49-30-16-14-28-47(49)53(40-22-8-3-9-23-40)48-29-15-17-31-50(48)54;1-4-16-38(17-5-1)43-22-14-24-45(34-43)51-36-53-54(37-52(51)46-25-15-23-44(35-46)39-18-6-2-7-19-39)59-57(58-53)42-32-30-41(31-33-42)56-49-28-12-10-26-47(49)55(40-20-8-3-9-21-40)48-27-11-13-29-50(48)56/h2*1-37H. The Labute approximate surface area is 684 Å². The van der Waals surface area contributed by atoms with E-state index in [1.807, 2.05) is 0 Å². The molecule has 0 fully saturated rings. The lowest BCUT2D eigenvalue weighted by Gasteiger charge is -2.17. The van der Waals surface area contributed by atoms with Gasteiger partial charge in [0.2, 0.25) is 11.8 Å². The molecule has 4 heteroatoms. The molecule has 0 bridgehead atoms. The summed E-state index contributed by atoms with van der Waals surface area (Å²) in [6.07, 6.45) is 0.